The van der Waals surface area contributed by atoms with Crippen LogP contribution in [0.15, 0.2) is 65.5 Å². The van der Waals surface area contributed by atoms with Crippen LogP contribution < -0.4 is 10.5 Å². The minimum absolute atomic E-state index is 0.0922. The van der Waals surface area contributed by atoms with E-state index >= 15 is 0 Å². The first kappa shape index (κ1) is 22.9. The van der Waals surface area contributed by atoms with Crippen molar-refractivity contribution >= 4 is 28.1 Å². The number of amides is 1. The number of carbonyl (C=O) groups excluding carboxylic acids is 1. The van der Waals surface area contributed by atoms with Crippen molar-refractivity contribution < 1.29 is 9.18 Å². The fourth-order valence-corrected chi connectivity index (χ4v) is 4.98. The molecule has 1 amide bonds. The fourth-order valence-electron chi connectivity index (χ4n) is 4.98. The number of hydrogen-bond acceptors (Lipinski definition) is 5. The Kier molecular flexibility index (Phi) is 5.48. The largest absolute Gasteiger partial charge is 0.368 e. The third-order valence-electron chi connectivity index (χ3n) is 6.98. The Balaban J connectivity index is 1.31. The Hall–Kier alpha value is -4.53. The van der Waals surface area contributed by atoms with Crippen LogP contribution in [0, 0.1) is 19.7 Å². The second kappa shape index (κ2) is 8.85. The number of anilines is 1. The van der Waals surface area contributed by atoms with Crippen molar-refractivity contribution in [2.45, 2.75) is 13.8 Å². The number of piperazine rings is 1. The van der Waals surface area contributed by atoms with E-state index in [2.05, 4.69) is 52.2 Å². The second-order valence-corrected chi connectivity index (χ2v) is 9.45. The summed E-state index contributed by atoms with van der Waals surface area (Å²) in [6, 6.07) is 17.4. The maximum absolute atomic E-state index is 13.8. The number of benzene rings is 3. The van der Waals surface area contributed by atoms with Gasteiger partial charge in [-0.3, -0.25) is 9.59 Å². The number of aryl methyl sites for hydroxylation is 2. The third kappa shape index (κ3) is 4.02. The molecule has 0 aliphatic carbocycles. The van der Waals surface area contributed by atoms with Crippen molar-refractivity contribution in [3.05, 3.63) is 93.5 Å². The Morgan fingerprint density at radius 1 is 0.973 bits per heavy atom. The quantitative estimate of drug-likeness (QED) is 0.409. The van der Waals surface area contributed by atoms with Crippen molar-refractivity contribution in [2.24, 2.45) is 0 Å². The Morgan fingerprint density at radius 3 is 2.57 bits per heavy atom. The number of halogens is 1. The van der Waals surface area contributed by atoms with E-state index in [1.54, 1.807) is 34.8 Å². The minimum atomic E-state index is -0.435. The van der Waals surface area contributed by atoms with Crippen LogP contribution in [0.4, 0.5) is 10.1 Å². The molecule has 186 valence electrons. The predicted molar refractivity (Wildman–Crippen MR) is 141 cm³/mol. The SMILES string of the molecule is Cc1ccc(C)c(N2CCN(C(=O)c3ccc4c(=O)nc5c(-c6cccc(F)c6)n[nH]n5c4c3)CC2)c1. The summed E-state index contributed by atoms with van der Waals surface area (Å²) in [5.41, 5.74) is 5.31. The van der Waals surface area contributed by atoms with Crippen LogP contribution in [0.5, 0.6) is 0 Å². The first-order chi connectivity index (χ1) is 17.9. The molecule has 0 atom stereocenters. The van der Waals surface area contributed by atoms with E-state index in [1.165, 1.54) is 28.9 Å². The van der Waals surface area contributed by atoms with E-state index in [1.807, 2.05) is 4.90 Å². The van der Waals surface area contributed by atoms with Crippen LogP contribution in [0.3, 0.4) is 0 Å². The normalized spacial score (nSPS) is 14.0. The van der Waals surface area contributed by atoms with Gasteiger partial charge in [0, 0.05) is 43.0 Å². The molecular weight excluding hydrogens is 471 g/mol. The summed E-state index contributed by atoms with van der Waals surface area (Å²) >= 11 is 0. The lowest BCUT2D eigenvalue weighted by Crippen LogP contribution is -2.49. The molecule has 0 radical (unpaired) electrons. The molecule has 1 N–H and O–H groups in total. The lowest BCUT2D eigenvalue weighted by Gasteiger charge is -2.37. The maximum atomic E-state index is 13.8. The molecular formula is C28H25FN6O2. The van der Waals surface area contributed by atoms with Gasteiger partial charge in [0.05, 0.1) is 10.9 Å². The molecule has 8 nitrogen and oxygen atoms in total. The number of nitrogens with one attached hydrogen (secondary N) is 1. The first-order valence-electron chi connectivity index (χ1n) is 12.2. The van der Waals surface area contributed by atoms with Crippen molar-refractivity contribution in [3.8, 4) is 11.3 Å². The molecule has 37 heavy (non-hydrogen) atoms. The number of hydrogen-bond donors (Lipinski definition) is 1. The molecule has 3 aromatic carbocycles. The Labute approximate surface area is 211 Å². The van der Waals surface area contributed by atoms with Crippen LogP contribution in [0.2, 0.25) is 0 Å². The highest BCUT2D eigenvalue weighted by Crippen LogP contribution is 2.25. The smallest absolute Gasteiger partial charge is 0.281 e. The van der Waals surface area contributed by atoms with Gasteiger partial charge in [-0.05, 0) is 61.4 Å². The lowest BCUT2D eigenvalue weighted by atomic mass is 10.1. The number of nitrogens with zero attached hydrogens (tertiary/aromatic N) is 5. The van der Waals surface area contributed by atoms with E-state index in [9.17, 15) is 14.0 Å². The summed E-state index contributed by atoms with van der Waals surface area (Å²) in [5, 5.41) is 7.51. The zero-order valence-electron chi connectivity index (χ0n) is 20.5. The number of rotatable bonds is 3. The summed E-state index contributed by atoms with van der Waals surface area (Å²) in [5.74, 6) is -0.502. The summed E-state index contributed by atoms with van der Waals surface area (Å²) in [6.07, 6.45) is 0. The van der Waals surface area contributed by atoms with Crippen LogP contribution in [0.25, 0.3) is 27.8 Å². The van der Waals surface area contributed by atoms with Gasteiger partial charge in [0.1, 0.15) is 11.5 Å². The topological polar surface area (TPSA) is 86.6 Å². The van der Waals surface area contributed by atoms with E-state index in [0.29, 0.717) is 40.8 Å². The van der Waals surface area contributed by atoms with Gasteiger partial charge in [0.2, 0.25) is 0 Å². The zero-order chi connectivity index (χ0) is 25.7. The van der Waals surface area contributed by atoms with Crippen molar-refractivity contribution in [1.29, 1.82) is 0 Å². The lowest BCUT2D eigenvalue weighted by molar-refractivity contribution is 0.0747. The van der Waals surface area contributed by atoms with Gasteiger partial charge in [-0.2, -0.15) is 10.1 Å². The van der Waals surface area contributed by atoms with Crippen LogP contribution in [-0.4, -0.2) is 56.8 Å². The Morgan fingerprint density at radius 2 is 1.78 bits per heavy atom. The van der Waals surface area contributed by atoms with Gasteiger partial charge in [-0.25, -0.2) is 14.1 Å². The highest BCUT2D eigenvalue weighted by atomic mass is 19.1. The van der Waals surface area contributed by atoms with Gasteiger partial charge in [-0.1, -0.05) is 24.3 Å². The summed E-state index contributed by atoms with van der Waals surface area (Å²) in [4.78, 5) is 34.6. The number of fused-ring (bicyclic) bond motifs is 3. The Bertz CT molecular complexity index is 1730. The van der Waals surface area contributed by atoms with Crippen molar-refractivity contribution in [2.75, 3.05) is 31.1 Å². The predicted octanol–water partition coefficient (Wildman–Crippen LogP) is 3.96. The number of aromatic nitrogens is 4. The molecule has 0 spiro atoms. The van der Waals surface area contributed by atoms with E-state index in [-0.39, 0.29) is 11.6 Å². The number of aromatic amines is 1. The molecule has 9 heteroatoms. The summed E-state index contributed by atoms with van der Waals surface area (Å²) in [6.45, 7) is 6.88. The first-order valence-corrected chi connectivity index (χ1v) is 12.2. The number of carbonyl (C=O) groups is 1. The van der Waals surface area contributed by atoms with Gasteiger partial charge in [0.25, 0.3) is 11.5 Å². The number of H-pyrrole nitrogens is 1. The molecule has 0 saturated carbocycles. The van der Waals surface area contributed by atoms with Gasteiger partial charge in [0.15, 0.2) is 5.65 Å². The molecule has 1 aliphatic rings. The monoisotopic (exact) mass is 496 g/mol. The van der Waals surface area contributed by atoms with Gasteiger partial charge < -0.3 is 9.80 Å². The van der Waals surface area contributed by atoms with Crippen LogP contribution in [0.1, 0.15) is 21.5 Å². The average Bonchev–Trinajstić information content (AvgIpc) is 3.33. The van der Waals surface area contributed by atoms with Crippen molar-refractivity contribution in [3.63, 3.8) is 0 Å². The molecule has 5 aromatic rings. The molecule has 0 bridgehead atoms. The highest BCUT2D eigenvalue weighted by molar-refractivity contribution is 5.98. The molecule has 0 unspecified atom stereocenters. The molecule has 1 saturated heterocycles. The summed E-state index contributed by atoms with van der Waals surface area (Å²) < 4.78 is 15.4. The van der Waals surface area contributed by atoms with Gasteiger partial charge >= 0.3 is 0 Å². The molecule has 1 fully saturated rings. The van der Waals surface area contributed by atoms with Crippen molar-refractivity contribution in [1.82, 2.24) is 24.7 Å². The van der Waals surface area contributed by atoms with E-state index in [0.717, 1.165) is 13.1 Å². The van der Waals surface area contributed by atoms with E-state index < -0.39 is 11.4 Å². The van der Waals surface area contributed by atoms with Crippen LogP contribution >= 0.6 is 0 Å². The third-order valence-corrected chi connectivity index (χ3v) is 6.98. The van der Waals surface area contributed by atoms with Crippen LogP contribution in [-0.2, 0) is 0 Å². The summed E-state index contributed by atoms with van der Waals surface area (Å²) in [7, 11) is 0. The van der Waals surface area contributed by atoms with Gasteiger partial charge in [-0.15, -0.1) is 0 Å². The zero-order valence-corrected chi connectivity index (χ0v) is 20.5. The highest BCUT2D eigenvalue weighted by Gasteiger charge is 2.24. The molecule has 3 heterocycles. The standard InChI is InChI=1S/C28H25FN6O2/c1-17-6-7-18(2)23(14-17)33-10-12-34(13-11-33)28(37)20-8-9-22-24(16-20)35-26(30-27(22)36)25(31-32-35)19-4-3-5-21(29)15-19/h3-9,14-16,32H,10-13H2,1-2H3. The average molecular weight is 497 g/mol. The fraction of sp³-hybridized carbons (Fsp3) is 0.214. The second-order valence-electron chi connectivity index (χ2n) is 9.45. The molecule has 2 aromatic heterocycles. The molecule has 1 aliphatic heterocycles. The van der Waals surface area contributed by atoms with E-state index in [4.69, 9.17) is 0 Å². The maximum Gasteiger partial charge on any atom is 0.281 e. The minimum Gasteiger partial charge on any atom is -0.368 e. The molecule has 6 rings (SSSR count).